The molecule has 1 saturated heterocycles. The van der Waals surface area contributed by atoms with Crippen LogP contribution in [0.3, 0.4) is 0 Å². The maximum Gasteiger partial charge on any atom is 0.407 e. The maximum absolute atomic E-state index is 11.7. The van der Waals surface area contributed by atoms with Crippen LogP contribution in [0, 0.1) is 0 Å². The standard InChI is InChI=1S/C17H24N4O6/c1-11-13(20-21-18)14(22)15(24-2)16(27-11)25-9-8-19-17(23)26-10-12-6-4-3-5-7-12/h3-7,11,13-16,22H,8-10H2,1-2H3,(H,19,23)/t11-,13-,14+,15-,16-/m1/s1. The number of nitrogens with one attached hydrogen (secondary N) is 1. The molecular formula is C17H24N4O6. The van der Waals surface area contributed by atoms with Crippen LogP contribution in [0.1, 0.15) is 12.5 Å². The van der Waals surface area contributed by atoms with Gasteiger partial charge in [0.2, 0.25) is 0 Å². The monoisotopic (exact) mass is 380 g/mol. The number of hydrogen-bond donors (Lipinski definition) is 2. The fraction of sp³-hybridized carbons (Fsp3) is 0.588. The van der Waals surface area contributed by atoms with E-state index < -0.39 is 36.7 Å². The Bertz CT molecular complexity index is 640. The predicted molar refractivity (Wildman–Crippen MR) is 94.7 cm³/mol. The zero-order valence-corrected chi connectivity index (χ0v) is 15.2. The maximum atomic E-state index is 11.7. The summed E-state index contributed by atoms with van der Waals surface area (Å²) in [7, 11) is 1.40. The number of amides is 1. The molecule has 27 heavy (non-hydrogen) atoms. The lowest BCUT2D eigenvalue weighted by Crippen LogP contribution is -2.57. The quantitative estimate of drug-likeness (QED) is 0.305. The number of azide groups is 1. The number of carbonyl (C=O) groups is 1. The minimum atomic E-state index is -1.07. The molecule has 1 aromatic carbocycles. The van der Waals surface area contributed by atoms with Gasteiger partial charge < -0.3 is 29.4 Å². The molecule has 1 aromatic rings. The molecule has 2 rings (SSSR count). The summed E-state index contributed by atoms with van der Waals surface area (Å²) in [5, 5.41) is 16.4. The first-order chi connectivity index (χ1) is 13.1. The summed E-state index contributed by atoms with van der Waals surface area (Å²) >= 11 is 0. The van der Waals surface area contributed by atoms with Crippen LogP contribution in [0.5, 0.6) is 0 Å². The largest absolute Gasteiger partial charge is 0.445 e. The van der Waals surface area contributed by atoms with E-state index in [9.17, 15) is 9.90 Å². The van der Waals surface area contributed by atoms with Gasteiger partial charge in [0.25, 0.3) is 0 Å². The van der Waals surface area contributed by atoms with Crippen molar-refractivity contribution >= 4 is 6.09 Å². The van der Waals surface area contributed by atoms with Crippen molar-refractivity contribution in [1.82, 2.24) is 5.32 Å². The van der Waals surface area contributed by atoms with Gasteiger partial charge in [-0.15, -0.1) is 0 Å². The first kappa shape index (κ1) is 20.9. The van der Waals surface area contributed by atoms with Crippen molar-refractivity contribution in [1.29, 1.82) is 0 Å². The summed E-state index contributed by atoms with van der Waals surface area (Å²) in [6.07, 6.45) is -3.85. The number of methoxy groups -OCH3 is 1. The number of nitrogens with zero attached hydrogens (tertiary/aromatic N) is 3. The average molecular weight is 380 g/mol. The summed E-state index contributed by atoms with van der Waals surface area (Å²) in [5.74, 6) is 0. The van der Waals surface area contributed by atoms with Gasteiger partial charge in [-0.25, -0.2) is 4.79 Å². The van der Waals surface area contributed by atoms with Crippen molar-refractivity contribution < 1.29 is 28.8 Å². The Kier molecular flexibility index (Phi) is 8.31. The number of aliphatic hydroxyl groups excluding tert-OH is 1. The van der Waals surface area contributed by atoms with E-state index in [4.69, 9.17) is 24.5 Å². The van der Waals surface area contributed by atoms with Crippen molar-refractivity contribution in [3.8, 4) is 0 Å². The van der Waals surface area contributed by atoms with Gasteiger partial charge in [-0.3, -0.25) is 0 Å². The molecule has 1 heterocycles. The molecule has 0 spiro atoms. The highest BCUT2D eigenvalue weighted by Gasteiger charge is 2.44. The molecule has 1 aliphatic heterocycles. The van der Waals surface area contributed by atoms with Gasteiger partial charge in [0, 0.05) is 18.6 Å². The van der Waals surface area contributed by atoms with Gasteiger partial charge in [-0.1, -0.05) is 35.4 Å². The van der Waals surface area contributed by atoms with Crippen molar-refractivity contribution in [3.05, 3.63) is 46.3 Å². The Morgan fingerprint density at radius 3 is 2.81 bits per heavy atom. The van der Waals surface area contributed by atoms with E-state index in [0.29, 0.717) is 0 Å². The van der Waals surface area contributed by atoms with E-state index >= 15 is 0 Å². The minimum Gasteiger partial charge on any atom is -0.445 e. The summed E-state index contributed by atoms with van der Waals surface area (Å²) < 4.78 is 21.5. The molecule has 0 radical (unpaired) electrons. The number of carbonyl (C=O) groups excluding carboxylic acids is 1. The van der Waals surface area contributed by atoms with E-state index in [-0.39, 0.29) is 19.8 Å². The molecule has 0 unspecified atom stereocenters. The van der Waals surface area contributed by atoms with Crippen LogP contribution in [0.2, 0.25) is 0 Å². The summed E-state index contributed by atoms with van der Waals surface area (Å²) in [6, 6.07) is 8.56. The molecule has 0 aromatic heterocycles. The van der Waals surface area contributed by atoms with E-state index in [0.717, 1.165) is 5.56 Å². The molecule has 148 valence electrons. The third-order valence-corrected chi connectivity index (χ3v) is 4.11. The molecule has 2 N–H and O–H groups in total. The van der Waals surface area contributed by atoms with Gasteiger partial charge in [0.1, 0.15) is 12.7 Å². The lowest BCUT2D eigenvalue weighted by atomic mass is 9.98. The van der Waals surface area contributed by atoms with Crippen LogP contribution >= 0.6 is 0 Å². The number of aliphatic hydroxyl groups is 1. The van der Waals surface area contributed by atoms with Crippen LogP contribution in [0.15, 0.2) is 35.4 Å². The highest BCUT2D eigenvalue weighted by molar-refractivity contribution is 5.67. The topological polar surface area (TPSA) is 135 Å². The fourth-order valence-electron chi connectivity index (χ4n) is 2.71. The number of rotatable bonds is 8. The van der Waals surface area contributed by atoms with Crippen molar-refractivity contribution in [2.45, 2.75) is 44.2 Å². The molecule has 0 aliphatic carbocycles. The molecule has 0 saturated carbocycles. The van der Waals surface area contributed by atoms with Gasteiger partial charge in [-0.2, -0.15) is 0 Å². The van der Waals surface area contributed by atoms with Crippen molar-refractivity contribution in [2.75, 3.05) is 20.3 Å². The minimum absolute atomic E-state index is 0.122. The summed E-state index contributed by atoms with van der Waals surface area (Å²) in [5.41, 5.74) is 9.48. The molecule has 0 bridgehead atoms. The second kappa shape index (κ2) is 10.7. The van der Waals surface area contributed by atoms with Crippen LogP contribution in [0.25, 0.3) is 10.4 Å². The second-order valence-corrected chi connectivity index (χ2v) is 5.96. The van der Waals surface area contributed by atoms with Crippen LogP contribution in [-0.2, 0) is 25.6 Å². The second-order valence-electron chi connectivity index (χ2n) is 5.96. The van der Waals surface area contributed by atoms with Crippen molar-refractivity contribution in [3.63, 3.8) is 0 Å². The van der Waals surface area contributed by atoms with Crippen LogP contribution in [0.4, 0.5) is 4.79 Å². The molecule has 1 aliphatic rings. The fourth-order valence-corrected chi connectivity index (χ4v) is 2.71. The predicted octanol–water partition coefficient (Wildman–Crippen LogP) is 1.73. The molecule has 1 amide bonds. The molecule has 10 nitrogen and oxygen atoms in total. The zero-order chi connectivity index (χ0) is 19.6. The Labute approximate surface area is 157 Å². The van der Waals surface area contributed by atoms with Gasteiger partial charge in [0.05, 0.1) is 24.9 Å². The zero-order valence-electron chi connectivity index (χ0n) is 15.2. The molecule has 5 atom stereocenters. The summed E-state index contributed by atoms with van der Waals surface area (Å²) in [6.45, 7) is 2.16. The van der Waals surface area contributed by atoms with Gasteiger partial charge in [0.15, 0.2) is 6.29 Å². The number of alkyl carbamates (subject to hydrolysis) is 1. The Morgan fingerprint density at radius 1 is 1.41 bits per heavy atom. The highest BCUT2D eigenvalue weighted by atomic mass is 16.7. The lowest BCUT2D eigenvalue weighted by molar-refractivity contribution is -0.274. The third kappa shape index (κ3) is 6.09. The average Bonchev–Trinajstić information content (AvgIpc) is 2.67. The lowest BCUT2D eigenvalue weighted by Gasteiger charge is -2.41. The number of hydrogen-bond acceptors (Lipinski definition) is 7. The van der Waals surface area contributed by atoms with Gasteiger partial charge in [-0.05, 0) is 18.0 Å². The normalized spacial score (nSPS) is 27.4. The van der Waals surface area contributed by atoms with E-state index in [1.54, 1.807) is 6.92 Å². The summed E-state index contributed by atoms with van der Waals surface area (Å²) in [4.78, 5) is 14.4. The molecular weight excluding hydrogens is 356 g/mol. The Hall–Kier alpha value is -2.36. The van der Waals surface area contributed by atoms with Crippen molar-refractivity contribution in [2.24, 2.45) is 5.11 Å². The highest BCUT2D eigenvalue weighted by Crippen LogP contribution is 2.26. The third-order valence-electron chi connectivity index (χ3n) is 4.11. The van der Waals surface area contributed by atoms with E-state index in [2.05, 4.69) is 15.3 Å². The number of benzene rings is 1. The Morgan fingerprint density at radius 2 is 2.15 bits per heavy atom. The first-order valence-electron chi connectivity index (χ1n) is 8.53. The smallest absolute Gasteiger partial charge is 0.407 e. The van der Waals surface area contributed by atoms with Gasteiger partial charge >= 0.3 is 6.09 Å². The Balaban J connectivity index is 1.72. The van der Waals surface area contributed by atoms with Crippen LogP contribution in [-0.4, -0.2) is 62.1 Å². The molecule has 1 fully saturated rings. The molecule has 10 heteroatoms. The number of ether oxygens (including phenoxy) is 4. The van der Waals surface area contributed by atoms with E-state index in [1.165, 1.54) is 7.11 Å². The first-order valence-corrected chi connectivity index (χ1v) is 8.53. The van der Waals surface area contributed by atoms with Crippen LogP contribution < -0.4 is 5.32 Å². The SMILES string of the molecule is CO[C@H]1[C@H](OCCNC(=O)OCc2ccccc2)O[C@H](C)[C@@H](N=[N+]=[N-])[C@@H]1O. The van der Waals surface area contributed by atoms with E-state index in [1.807, 2.05) is 30.3 Å².